The Balaban J connectivity index is 2.25. The summed E-state index contributed by atoms with van der Waals surface area (Å²) < 4.78 is 0. The van der Waals surface area contributed by atoms with Crippen LogP contribution in [0.1, 0.15) is 51.0 Å². The van der Waals surface area contributed by atoms with Gasteiger partial charge < -0.3 is 32.1 Å². The molecular formula is C23H41N5O3. The molecule has 0 saturated heterocycles. The van der Waals surface area contributed by atoms with E-state index in [2.05, 4.69) is 21.3 Å². The van der Waals surface area contributed by atoms with E-state index < -0.39 is 6.04 Å². The molecule has 0 unspecified atom stereocenters. The zero-order chi connectivity index (χ0) is 22.7. The van der Waals surface area contributed by atoms with E-state index in [0.29, 0.717) is 19.4 Å². The highest BCUT2D eigenvalue weighted by Crippen LogP contribution is 2.11. The Labute approximate surface area is 186 Å². The molecule has 1 atom stereocenters. The minimum absolute atomic E-state index is 0.122. The normalized spacial score (nSPS) is 11.8. The minimum atomic E-state index is -0.617. The molecule has 0 heterocycles. The van der Waals surface area contributed by atoms with E-state index in [1.165, 1.54) is 0 Å². The first-order chi connectivity index (χ1) is 15.1. The van der Waals surface area contributed by atoms with Gasteiger partial charge in [0.25, 0.3) is 0 Å². The van der Waals surface area contributed by atoms with Crippen molar-refractivity contribution in [2.75, 3.05) is 39.3 Å². The number of nitrogens with two attached hydrogens (primary N) is 1. The summed E-state index contributed by atoms with van der Waals surface area (Å²) in [7, 11) is 0. The van der Waals surface area contributed by atoms with Crippen molar-refractivity contribution < 1.29 is 14.7 Å². The molecule has 1 rings (SSSR count). The molecule has 0 fully saturated rings. The largest absolute Gasteiger partial charge is 0.508 e. The first-order valence-corrected chi connectivity index (χ1v) is 11.5. The van der Waals surface area contributed by atoms with Gasteiger partial charge in [-0.2, -0.15) is 0 Å². The average Bonchev–Trinajstić information content (AvgIpc) is 2.75. The SMILES string of the molecule is CCCC(=O)N[C@@H](Cc1ccc(O)cc1)C(=O)NCCCCNCCCNCCCN. The molecule has 2 amide bonds. The lowest BCUT2D eigenvalue weighted by Gasteiger charge is -2.19. The van der Waals surface area contributed by atoms with Gasteiger partial charge in [0.15, 0.2) is 0 Å². The molecule has 0 saturated carbocycles. The average molecular weight is 436 g/mol. The van der Waals surface area contributed by atoms with Gasteiger partial charge in [-0.15, -0.1) is 0 Å². The third-order valence-corrected chi connectivity index (χ3v) is 4.85. The predicted octanol–water partition coefficient (Wildman–Crippen LogP) is 1.03. The molecule has 8 heteroatoms. The fourth-order valence-electron chi connectivity index (χ4n) is 3.10. The summed E-state index contributed by atoms with van der Waals surface area (Å²) in [5.74, 6) is -0.117. The van der Waals surface area contributed by atoms with Gasteiger partial charge >= 0.3 is 0 Å². The highest BCUT2D eigenvalue weighted by atomic mass is 16.3. The summed E-state index contributed by atoms with van der Waals surface area (Å²) in [6.45, 7) is 7.10. The molecule has 0 spiro atoms. The second-order valence-electron chi connectivity index (χ2n) is 7.73. The van der Waals surface area contributed by atoms with Gasteiger partial charge in [-0.1, -0.05) is 19.1 Å². The molecule has 7 N–H and O–H groups in total. The number of rotatable bonds is 18. The number of nitrogens with one attached hydrogen (secondary N) is 4. The monoisotopic (exact) mass is 435 g/mol. The second kappa shape index (κ2) is 17.5. The lowest BCUT2D eigenvalue weighted by atomic mass is 10.0. The number of benzene rings is 1. The highest BCUT2D eigenvalue weighted by molar-refractivity contribution is 5.87. The molecule has 0 radical (unpaired) electrons. The fourth-order valence-corrected chi connectivity index (χ4v) is 3.10. The predicted molar refractivity (Wildman–Crippen MR) is 125 cm³/mol. The summed E-state index contributed by atoms with van der Waals surface area (Å²) in [5, 5.41) is 22.0. The summed E-state index contributed by atoms with van der Waals surface area (Å²) in [6.07, 6.45) is 5.47. The van der Waals surface area contributed by atoms with Crippen LogP contribution in [0.3, 0.4) is 0 Å². The van der Waals surface area contributed by atoms with E-state index >= 15 is 0 Å². The second-order valence-corrected chi connectivity index (χ2v) is 7.73. The van der Waals surface area contributed by atoms with Gasteiger partial charge in [-0.3, -0.25) is 9.59 Å². The van der Waals surface area contributed by atoms with Gasteiger partial charge in [0, 0.05) is 19.4 Å². The molecule has 0 aliphatic heterocycles. The van der Waals surface area contributed by atoms with Crippen LogP contribution in [0.15, 0.2) is 24.3 Å². The summed E-state index contributed by atoms with van der Waals surface area (Å²) in [5.41, 5.74) is 6.34. The third kappa shape index (κ3) is 13.7. The van der Waals surface area contributed by atoms with Gasteiger partial charge in [0.1, 0.15) is 11.8 Å². The van der Waals surface area contributed by atoms with Gasteiger partial charge in [-0.25, -0.2) is 0 Å². The van der Waals surface area contributed by atoms with Crippen molar-refractivity contribution in [1.82, 2.24) is 21.3 Å². The lowest BCUT2D eigenvalue weighted by molar-refractivity contribution is -0.129. The zero-order valence-corrected chi connectivity index (χ0v) is 18.9. The van der Waals surface area contributed by atoms with Crippen LogP contribution in [0, 0.1) is 0 Å². The Morgan fingerprint density at radius 2 is 1.55 bits per heavy atom. The number of phenols is 1. The van der Waals surface area contributed by atoms with Crippen LogP contribution >= 0.6 is 0 Å². The maximum Gasteiger partial charge on any atom is 0.242 e. The van der Waals surface area contributed by atoms with Crippen molar-refractivity contribution in [2.24, 2.45) is 5.73 Å². The Bertz CT molecular complexity index is 610. The van der Waals surface area contributed by atoms with E-state index in [9.17, 15) is 14.7 Å². The number of carbonyl (C=O) groups is 2. The first kappa shape index (κ1) is 26.9. The molecular weight excluding hydrogens is 394 g/mol. The first-order valence-electron chi connectivity index (χ1n) is 11.5. The number of hydrogen-bond acceptors (Lipinski definition) is 6. The van der Waals surface area contributed by atoms with Crippen molar-refractivity contribution in [3.05, 3.63) is 29.8 Å². The van der Waals surface area contributed by atoms with Crippen molar-refractivity contribution in [1.29, 1.82) is 0 Å². The Morgan fingerprint density at radius 1 is 0.935 bits per heavy atom. The molecule has 0 aliphatic carbocycles. The number of unbranched alkanes of at least 4 members (excludes halogenated alkanes) is 1. The highest BCUT2D eigenvalue weighted by Gasteiger charge is 2.20. The minimum Gasteiger partial charge on any atom is -0.508 e. The lowest BCUT2D eigenvalue weighted by Crippen LogP contribution is -2.48. The molecule has 0 bridgehead atoms. The van der Waals surface area contributed by atoms with E-state index in [1.54, 1.807) is 24.3 Å². The van der Waals surface area contributed by atoms with Crippen LogP contribution in [0.2, 0.25) is 0 Å². The standard InChI is InChI=1S/C23H41N5O3/c1-2-7-22(30)28-21(18-19-8-10-20(29)11-9-19)23(31)27-17-4-3-13-25-15-6-16-26-14-5-12-24/h8-11,21,25-26,29H,2-7,12-18,24H2,1H3,(H,27,31)(H,28,30)/t21-/m0/s1. The van der Waals surface area contributed by atoms with Crippen molar-refractivity contribution in [2.45, 2.75) is 57.9 Å². The topological polar surface area (TPSA) is 129 Å². The smallest absolute Gasteiger partial charge is 0.242 e. The Morgan fingerprint density at radius 3 is 2.19 bits per heavy atom. The molecule has 8 nitrogen and oxygen atoms in total. The Hall–Kier alpha value is -2.16. The van der Waals surface area contributed by atoms with Crippen LogP contribution < -0.4 is 27.0 Å². The van der Waals surface area contributed by atoms with Crippen molar-refractivity contribution >= 4 is 11.8 Å². The van der Waals surface area contributed by atoms with E-state index in [0.717, 1.165) is 70.4 Å². The summed E-state index contributed by atoms with van der Waals surface area (Å²) in [4.78, 5) is 24.7. The van der Waals surface area contributed by atoms with Crippen LogP contribution in [-0.2, 0) is 16.0 Å². The summed E-state index contributed by atoms with van der Waals surface area (Å²) >= 11 is 0. The number of amides is 2. The molecule has 1 aromatic carbocycles. The molecule has 0 aliphatic rings. The number of aromatic hydroxyl groups is 1. The number of hydrogen-bond donors (Lipinski definition) is 6. The fraction of sp³-hybridized carbons (Fsp3) is 0.652. The molecule has 1 aromatic rings. The van der Waals surface area contributed by atoms with E-state index in [-0.39, 0.29) is 17.6 Å². The van der Waals surface area contributed by atoms with Crippen LogP contribution in [0.5, 0.6) is 5.75 Å². The zero-order valence-electron chi connectivity index (χ0n) is 18.9. The van der Waals surface area contributed by atoms with Crippen molar-refractivity contribution in [3.8, 4) is 5.75 Å². The molecule has 31 heavy (non-hydrogen) atoms. The van der Waals surface area contributed by atoms with E-state index in [1.807, 2.05) is 6.92 Å². The maximum atomic E-state index is 12.6. The van der Waals surface area contributed by atoms with E-state index in [4.69, 9.17) is 5.73 Å². The van der Waals surface area contributed by atoms with Gasteiger partial charge in [0.2, 0.25) is 11.8 Å². The molecule has 176 valence electrons. The number of carbonyl (C=O) groups excluding carboxylic acids is 2. The third-order valence-electron chi connectivity index (χ3n) is 4.85. The van der Waals surface area contributed by atoms with Crippen LogP contribution in [-0.4, -0.2) is 62.2 Å². The van der Waals surface area contributed by atoms with Gasteiger partial charge in [0.05, 0.1) is 0 Å². The van der Waals surface area contributed by atoms with Crippen LogP contribution in [0.25, 0.3) is 0 Å². The van der Waals surface area contributed by atoms with Gasteiger partial charge in [-0.05, 0) is 82.5 Å². The van der Waals surface area contributed by atoms with Crippen LogP contribution in [0.4, 0.5) is 0 Å². The summed E-state index contributed by atoms with van der Waals surface area (Å²) in [6, 6.07) is 6.08. The Kier molecular flexibility index (Phi) is 15.2. The maximum absolute atomic E-state index is 12.6. The number of phenolic OH excluding ortho intramolecular Hbond substituents is 1. The van der Waals surface area contributed by atoms with Crippen molar-refractivity contribution in [3.63, 3.8) is 0 Å². The molecule has 0 aromatic heterocycles. The quantitative estimate of drug-likeness (QED) is 0.191.